The molecule has 1 heterocycles. The van der Waals surface area contributed by atoms with Crippen LogP contribution in [0.15, 0.2) is 43.0 Å². The minimum absolute atomic E-state index is 0.0144. The molecule has 0 N–H and O–H groups in total. The fourth-order valence-electron chi connectivity index (χ4n) is 2.17. The van der Waals surface area contributed by atoms with E-state index < -0.39 is 5.79 Å². The van der Waals surface area contributed by atoms with Crippen LogP contribution in [0.4, 0.5) is 0 Å². The van der Waals surface area contributed by atoms with Crippen molar-refractivity contribution in [2.75, 3.05) is 6.61 Å². The molecule has 104 valence electrons. The van der Waals surface area contributed by atoms with E-state index in [9.17, 15) is 0 Å². The smallest absolute Gasteiger partial charge is 0.163 e. The Labute approximate surface area is 115 Å². The maximum atomic E-state index is 5.97. The Kier molecular flexibility index (Phi) is 4.75. The number of hydrogen-bond donors (Lipinski definition) is 0. The van der Waals surface area contributed by atoms with Crippen LogP contribution < -0.4 is 0 Å². The summed E-state index contributed by atoms with van der Waals surface area (Å²) in [5.74, 6) is -0.514. The van der Waals surface area contributed by atoms with Crippen LogP contribution in [0.2, 0.25) is 0 Å². The van der Waals surface area contributed by atoms with Crippen LogP contribution in [0.5, 0.6) is 0 Å². The van der Waals surface area contributed by atoms with Gasteiger partial charge < -0.3 is 14.2 Å². The molecular weight excluding hydrogens is 240 g/mol. The number of hydrogen-bond acceptors (Lipinski definition) is 3. The molecule has 0 saturated carbocycles. The first-order valence-corrected chi connectivity index (χ1v) is 6.69. The van der Waals surface area contributed by atoms with Crippen LogP contribution in [-0.4, -0.2) is 24.6 Å². The predicted octanol–water partition coefficient (Wildman–Crippen LogP) is 3.30. The molecule has 1 fully saturated rings. The average Bonchev–Trinajstić information content (AvgIpc) is 2.76. The van der Waals surface area contributed by atoms with Crippen molar-refractivity contribution in [3.63, 3.8) is 0 Å². The van der Waals surface area contributed by atoms with Gasteiger partial charge in [-0.15, -0.1) is 6.58 Å². The summed E-state index contributed by atoms with van der Waals surface area (Å²) in [7, 11) is 0. The Balaban J connectivity index is 1.91. The fourth-order valence-corrected chi connectivity index (χ4v) is 2.17. The van der Waals surface area contributed by atoms with Crippen LogP contribution in [0.3, 0.4) is 0 Å². The second-order valence-corrected chi connectivity index (χ2v) is 5.23. The average molecular weight is 262 g/mol. The molecule has 0 radical (unpaired) electrons. The third-order valence-electron chi connectivity index (χ3n) is 3.15. The Hall–Kier alpha value is -1.16. The van der Waals surface area contributed by atoms with Crippen molar-refractivity contribution in [2.24, 2.45) is 0 Å². The minimum atomic E-state index is -0.514. The van der Waals surface area contributed by atoms with Crippen molar-refractivity contribution in [3.8, 4) is 0 Å². The Morgan fingerprint density at radius 2 is 2.16 bits per heavy atom. The van der Waals surface area contributed by atoms with Crippen LogP contribution in [0.1, 0.15) is 25.8 Å². The highest BCUT2D eigenvalue weighted by molar-refractivity contribution is 5.13. The highest BCUT2D eigenvalue weighted by atomic mass is 16.7. The Morgan fingerprint density at radius 3 is 2.74 bits per heavy atom. The quantitative estimate of drug-likeness (QED) is 0.736. The Bertz CT molecular complexity index is 400. The van der Waals surface area contributed by atoms with E-state index >= 15 is 0 Å². The van der Waals surface area contributed by atoms with E-state index in [1.54, 1.807) is 0 Å². The van der Waals surface area contributed by atoms with Crippen LogP contribution in [0, 0.1) is 0 Å². The lowest BCUT2D eigenvalue weighted by Gasteiger charge is -2.23. The van der Waals surface area contributed by atoms with Gasteiger partial charge in [0.05, 0.1) is 19.3 Å². The monoisotopic (exact) mass is 262 g/mol. The van der Waals surface area contributed by atoms with Gasteiger partial charge in [-0.2, -0.15) is 0 Å². The lowest BCUT2D eigenvalue weighted by atomic mass is 10.1. The molecule has 1 aliphatic rings. The van der Waals surface area contributed by atoms with Crippen molar-refractivity contribution >= 4 is 0 Å². The van der Waals surface area contributed by atoms with E-state index in [2.05, 4.69) is 18.7 Å². The third-order valence-corrected chi connectivity index (χ3v) is 3.15. The van der Waals surface area contributed by atoms with Crippen LogP contribution >= 0.6 is 0 Å². The number of rotatable bonds is 6. The summed E-state index contributed by atoms with van der Waals surface area (Å²) in [5, 5.41) is 0. The summed E-state index contributed by atoms with van der Waals surface area (Å²) < 4.78 is 17.4. The van der Waals surface area contributed by atoms with E-state index in [0.717, 1.165) is 12.0 Å². The maximum Gasteiger partial charge on any atom is 0.163 e. The molecule has 3 nitrogen and oxygen atoms in total. The summed E-state index contributed by atoms with van der Waals surface area (Å²) >= 11 is 0. The lowest BCUT2D eigenvalue weighted by molar-refractivity contribution is -0.157. The van der Waals surface area contributed by atoms with Gasteiger partial charge >= 0.3 is 0 Å². The summed E-state index contributed by atoms with van der Waals surface area (Å²) in [6.07, 6.45) is 2.58. The standard InChI is InChI=1S/C16H22O3/c1-4-8-14(15-12-18-16(2,3)19-15)17-11-13-9-6-5-7-10-13/h4-7,9-10,14-15H,1,8,11-12H2,2-3H3/t14-,15+/m0/s1. The lowest BCUT2D eigenvalue weighted by Crippen LogP contribution is -2.32. The maximum absolute atomic E-state index is 5.97. The van der Waals surface area contributed by atoms with Gasteiger partial charge in [-0.3, -0.25) is 0 Å². The fraction of sp³-hybridized carbons (Fsp3) is 0.500. The molecular formula is C16H22O3. The van der Waals surface area contributed by atoms with Gasteiger partial charge in [0.25, 0.3) is 0 Å². The first-order valence-electron chi connectivity index (χ1n) is 6.69. The van der Waals surface area contributed by atoms with Crippen molar-refractivity contribution in [3.05, 3.63) is 48.6 Å². The molecule has 0 bridgehead atoms. The van der Waals surface area contributed by atoms with Crippen LogP contribution in [0.25, 0.3) is 0 Å². The molecule has 0 aliphatic carbocycles. The Morgan fingerprint density at radius 1 is 1.42 bits per heavy atom. The van der Waals surface area contributed by atoms with Gasteiger partial charge in [0.2, 0.25) is 0 Å². The molecule has 0 spiro atoms. The number of benzene rings is 1. The first kappa shape index (κ1) is 14.3. The molecule has 2 atom stereocenters. The van der Waals surface area contributed by atoms with Crippen molar-refractivity contribution < 1.29 is 14.2 Å². The second kappa shape index (κ2) is 6.33. The third kappa shape index (κ3) is 4.16. The van der Waals surface area contributed by atoms with Gasteiger partial charge in [-0.1, -0.05) is 36.4 Å². The van der Waals surface area contributed by atoms with E-state index in [4.69, 9.17) is 14.2 Å². The zero-order valence-corrected chi connectivity index (χ0v) is 11.7. The van der Waals surface area contributed by atoms with Crippen LogP contribution in [-0.2, 0) is 20.8 Å². The van der Waals surface area contributed by atoms with Gasteiger partial charge in [0.15, 0.2) is 5.79 Å². The van der Waals surface area contributed by atoms with Crippen molar-refractivity contribution in [1.82, 2.24) is 0 Å². The summed E-state index contributed by atoms with van der Waals surface area (Å²) in [6, 6.07) is 10.1. The molecule has 19 heavy (non-hydrogen) atoms. The molecule has 0 amide bonds. The molecule has 0 aromatic heterocycles. The van der Waals surface area contributed by atoms with Gasteiger partial charge in [-0.05, 0) is 25.8 Å². The SMILES string of the molecule is C=CC[C@H](OCc1ccccc1)[C@H]1COC(C)(C)O1. The first-order chi connectivity index (χ1) is 9.11. The zero-order chi connectivity index (χ0) is 13.7. The van der Waals surface area contributed by atoms with E-state index in [1.807, 2.05) is 38.1 Å². The van der Waals surface area contributed by atoms with E-state index in [0.29, 0.717) is 13.2 Å². The predicted molar refractivity (Wildman–Crippen MR) is 74.7 cm³/mol. The molecule has 1 aliphatic heterocycles. The largest absolute Gasteiger partial charge is 0.370 e. The summed E-state index contributed by atoms with van der Waals surface area (Å²) in [4.78, 5) is 0. The second-order valence-electron chi connectivity index (χ2n) is 5.23. The molecule has 3 heteroatoms. The highest BCUT2D eigenvalue weighted by Crippen LogP contribution is 2.27. The zero-order valence-electron chi connectivity index (χ0n) is 11.7. The highest BCUT2D eigenvalue weighted by Gasteiger charge is 2.37. The van der Waals surface area contributed by atoms with E-state index in [1.165, 1.54) is 0 Å². The molecule has 2 rings (SSSR count). The number of ether oxygens (including phenoxy) is 3. The summed E-state index contributed by atoms with van der Waals surface area (Å²) in [5.41, 5.74) is 1.16. The summed E-state index contributed by atoms with van der Waals surface area (Å²) in [6.45, 7) is 8.79. The van der Waals surface area contributed by atoms with Crippen molar-refractivity contribution in [2.45, 2.75) is 44.9 Å². The van der Waals surface area contributed by atoms with Gasteiger partial charge in [0.1, 0.15) is 6.10 Å². The molecule has 1 aromatic carbocycles. The topological polar surface area (TPSA) is 27.7 Å². The normalized spacial score (nSPS) is 23.2. The van der Waals surface area contributed by atoms with Crippen molar-refractivity contribution in [1.29, 1.82) is 0 Å². The van der Waals surface area contributed by atoms with E-state index in [-0.39, 0.29) is 12.2 Å². The molecule has 1 aromatic rings. The van der Waals surface area contributed by atoms with Gasteiger partial charge in [-0.25, -0.2) is 0 Å². The molecule has 1 saturated heterocycles. The minimum Gasteiger partial charge on any atom is -0.370 e. The van der Waals surface area contributed by atoms with Gasteiger partial charge in [0, 0.05) is 0 Å². The molecule has 0 unspecified atom stereocenters.